The molecule has 0 spiro atoms. The van der Waals surface area contributed by atoms with Gasteiger partial charge in [-0.3, -0.25) is 8.61 Å². The third-order valence-electron chi connectivity index (χ3n) is 6.95. The third kappa shape index (κ3) is 3.21. The van der Waals surface area contributed by atoms with Gasteiger partial charge in [0.25, 0.3) is 20.0 Å². The summed E-state index contributed by atoms with van der Waals surface area (Å²) >= 11 is 0. The summed E-state index contributed by atoms with van der Waals surface area (Å²) in [4.78, 5) is 0.335. The van der Waals surface area contributed by atoms with Crippen molar-refractivity contribution in [2.75, 3.05) is 8.61 Å². The number of benzene rings is 4. The average Bonchev–Trinajstić information content (AvgIpc) is 3.38. The molecule has 6 rings (SSSR count). The molecule has 0 amide bonds. The van der Waals surface area contributed by atoms with Crippen LogP contribution in [0.5, 0.6) is 0 Å². The summed E-state index contributed by atoms with van der Waals surface area (Å²) in [6.07, 6.45) is 0. The van der Waals surface area contributed by atoms with Crippen molar-refractivity contribution in [3.05, 3.63) is 119 Å². The number of hydrogen-bond acceptors (Lipinski definition) is 4. The van der Waals surface area contributed by atoms with E-state index in [1.165, 1.54) is 8.61 Å². The van der Waals surface area contributed by atoms with E-state index in [-0.39, 0.29) is 9.79 Å². The highest BCUT2D eigenvalue weighted by Gasteiger charge is 2.56. The van der Waals surface area contributed by atoms with Crippen molar-refractivity contribution in [1.29, 1.82) is 0 Å². The zero-order chi connectivity index (χ0) is 25.2. The summed E-state index contributed by atoms with van der Waals surface area (Å²) in [5.41, 5.74) is 4.21. The Morgan fingerprint density at radius 1 is 0.500 bits per heavy atom. The SMILES string of the molecule is Cc1ccc(S(=O)(=O)N2c3ccccc3[C@@H]3[C@H]2c2ccccc2N3S(=O)(=O)c2ccc(C)cc2)cc1. The van der Waals surface area contributed by atoms with Gasteiger partial charge in [-0.1, -0.05) is 71.8 Å². The Bertz CT molecular complexity index is 1570. The number of nitrogens with zero attached hydrogens (tertiary/aromatic N) is 2. The molecule has 0 bridgehead atoms. The zero-order valence-corrected chi connectivity index (χ0v) is 21.4. The van der Waals surface area contributed by atoms with Crippen molar-refractivity contribution >= 4 is 31.4 Å². The van der Waals surface area contributed by atoms with Crippen LogP contribution < -0.4 is 8.61 Å². The number of hydrogen-bond donors (Lipinski definition) is 0. The van der Waals surface area contributed by atoms with E-state index < -0.39 is 32.1 Å². The molecule has 0 radical (unpaired) electrons. The second kappa shape index (κ2) is 7.94. The Balaban J connectivity index is 1.59. The Morgan fingerprint density at radius 3 is 1.19 bits per heavy atom. The molecule has 4 aromatic carbocycles. The minimum atomic E-state index is -3.99. The van der Waals surface area contributed by atoms with E-state index in [4.69, 9.17) is 0 Å². The largest absolute Gasteiger partial charge is 0.264 e. The van der Waals surface area contributed by atoms with Crippen LogP contribution in [-0.4, -0.2) is 16.8 Å². The maximum absolute atomic E-state index is 14.1. The molecule has 0 unspecified atom stereocenters. The van der Waals surface area contributed by atoms with Crippen molar-refractivity contribution in [3.63, 3.8) is 0 Å². The first-order valence-electron chi connectivity index (χ1n) is 11.6. The number of aryl methyl sites for hydroxylation is 2. The lowest BCUT2D eigenvalue weighted by molar-refractivity contribution is 0.559. The molecule has 2 heterocycles. The Morgan fingerprint density at radius 2 is 0.833 bits per heavy atom. The maximum Gasteiger partial charge on any atom is 0.264 e. The monoisotopic (exact) mass is 516 g/mol. The van der Waals surface area contributed by atoms with Gasteiger partial charge < -0.3 is 0 Å². The van der Waals surface area contributed by atoms with E-state index in [2.05, 4.69) is 0 Å². The number of sulfonamides is 2. The van der Waals surface area contributed by atoms with Gasteiger partial charge in [0.15, 0.2) is 0 Å². The van der Waals surface area contributed by atoms with Gasteiger partial charge in [0, 0.05) is 11.1 Å². The smallest absolute Gasteiger partial charge is 0.256 e. The van der Waals surface area contributed by atoms with Crippen LogP contribution in [0.25, 0.3) is 0 Å². The second-order valence-corrected chi connectivity index (χ2v) is 12.9. The Labute approximate surface area is 211 Å². The van der Waals surface area contributed by atoms with Crippen LogP contribution in [-0.2, 0) is 20.0 Å². The molecule has 6 nitrogen and oxygen atoms in total. The molecule has 0 N–H and O–H groups in total. The van der Waals surface area contributed by atoms with Crippen molar-refractivity contribution in [3.8, 4) is 0 Å². The van der Waals surface area contributed by atoms with Gasteiger partial charge in [-0.2, -0.15) is 0 Å². The van der Waals surface area contributed by atoms with Crippen LogP contribution in [0.15, 0.2) is 107 Å². The van der Waals surface area contributed by atoms with Crippen molar-refractivity contribution in [2.24, 2.45) is 0 Å². The van der Waals surface area contributed by atoms with Crippen LogP contribution in [0.4, 0.5) is 11.4 Å². The first-order valence-corrected chi connectivity index (χ1v) is 14.5. The summed E-state index contributed by atoms with van der Waals surface area (Å²) < 4.78 is 59.1. The van der Waals surface area contributed by atoms with E-state index >= 15 is 0 Å². The summed E-state index contributed by atoms with van der Waals surface area (Å²) in [6.45, 7) is 3.80. The van der Waals surface area contributed by atoms with Crippen LogP contribution in [0.1, 0.15) is 34.3 Å². The first-order chi connectivity index (χ1) is 17.2. The van der Waals surface area contributed by atoms with Crippen LogP contribution in [0.2, 0.25) is 0 Å². The average molecular weight is 517 g/mol. The molecule has 36 heavy (non-hydrogen) atoms. The minimum absolute atomic E-state index is 0.167. The molecule has 2 aliphatic heterocycles. The lowest BCUT2D eigenvalue weighted by Crippen LogP contribution is -2.36. The lowest BCUT2D eigenvalue weighted by atomic mass is 10.0. The normalized spacial score (nSPS) is 18.6. The predicted molar refractivity (Wildman–Crippen MR) is 140 cm³/mol. The Kier molecular flexibility index (Phi) is 5.04. The molecule has 2 aliphatic rings. The third-order valence-corrected chi connectivity index (χ3v) is 10.6. The highest BCUT2D eigenvalue weighted by molar-refractivity contribution is 7.93. The number of rotatable bonds is 4. The molecule has 0 saturated heterocycles. The minimum Gasteiger partial charge on any atom is -0.256 e. The summed E-state index contributed by atoms with van der Waals surface area (Å²) in [5, 5.41) is 0. The molecule has 4 aromatic rings. The van der Waals surface area contributed by atoms with E-state index in [0.717, 1.165) is 11.1 Å². The molecular formula is C28H24N2O4S2. The molecule has 0 saturated carbocycles. The number of fused-ring (bicyclic) bond motifs is 5. The van der Waals surface area contributed by atoms with E-state index in [0.29, 0.717) is 22.5 Å². The fourth-order valence-corrected chi connectivity index (χ4v) is 8.55. The van der Waals surface area contributed by atoms with Gasteiger partial charge in [-0.15, -0.1) is 0 Å². The summed E-state index contributed by atoms with van der Waals surface area (Å²) in [6, 6.07) is 26.3. The zero-order valence-electron chi connectivity index (χ0n) is 19.7. The second-order valence-electron chi connectivity index (χ2n) is 9.24. The highest BCUT2D eigenvalue weighted by atomic mass is 32.2. The fraction of sp³-hybridized carbons (Fsp3) is 0.143. The predicted octanol–water partition coefficient (Wildman–Crippen LogP) is 5.50. The fourth-order valence-electron chi connectivity index (χ4n) is 5.23. The standard InChI is InChI=1S/C28H24N2O4S2/c1-19-11-15-21(16-12-19)35(31,32)29-25-9-5-3-7-23(25)28-27(29)24-8-4-6-10-26(24)30(28)36(33,34)22-17-13-20(2)14-18-22/h3-18,27-28H,1-2H3/t27-,28-/m1/s1. The quantitative estimate of drug-likeness (QED) is 0.359. The van der Waals surface area contributed by atoms with Gasteiger partial charge in [-0.05, 0) is 50.2 Å². The molecule has 0 fully saturated rings. The number of para-hydroxylation sites is 2. The van der Waals surface area contributed by atoms with Gasteiger partial charge in [-0.25, -0.2) is 16.8 Å². The van der Waals surface area contributed by atoms with E-state index in [1.54, 1.807) is 72.8 Å². The van der Waals surface area contributed by atoms with E-state index in [1.807, 2.05) is 38.1 Å². The molecule has 0 aliphatic carbocycles. The molecule has 182 valence electrons. The van der Waals surface area contributed by atoms with Crippen molar-refractivity contribution in [1.82, 2.24) is 0 Å². The molecule has 8 heteroatoms. The molecule has 2 atom stereocenters. The van der Waals surface area contributed by atoms with Crippen LogP contribution >= 0.6 is 0 Å². The first kappa shape index (κ1) is 22.8. The van der Waals surface area contributed by atoms with Gasteiger partial charge in [0.2, 0.25) is 0 Å². The van der Waals surface area contributed by atoms with Gasteiger partial charge >= 0.3 is 0 Å². The number of anilines is 2. The lowest BCUT2D eigenvalue weighted by Gasteiger charge is -2.28. The Hall–Kier alpha value is -3.62. The maximum atomic E-state index is 14.1. The van der Waals surface area contributed by atoms with Crippen molar-refractivity contribution in [2.45, 2.75) is 35.7 Å². The topological polar surface area (TPSA) is 74.8 Å². The summed E-state index contributed by atoms with van der Waals surface area (Å²) in [7, 11) is -7.99. The van der Waals surface area contributed by atoms with Crippen LogP contribution in [0, 0.1) is 13.8 Å². The highest BCUT2D eigenvalue weighted by Crippen LogP contribution is 2.60. The molecule has 0 aromatic heterocycles. The van der Waals surface area contributed by atoms with Gasteiger partial charge in [0.05, 0.1) is 33.2 Å². The molecular weight excluding hydrogens is 492 g/mol. The van der Waals surface area contributed by atoms with Gasteiger partial charge in [0.1, 0.15) is 0 Å². The summed E-state index contributed by atoms with van der Waals surface area (Å²) in [5.74, 6) is 0. The van der Waals surface area contributed by atoms with Crippen molar-refractivity contribution < 1.29 is 16.8 Å². The van der Waals surface area contributed by atoms with Crippen LogP contribution in [0.3, 0.4) is 0 Å². The van der Waals surface area contributed by atoms with E-state index in [9.17, 15) is 16.8 Å².